The molecule has 1 heteroatoms. The molecule has 0 aliphatic rings. The Hall–Kier alpha value is -8.52. The van der Waals surface area contributed by atoms with E-state index >= 15 is 0 Å². The maximum absolute atomic E-state index is 2.49. The molecule has 65 heavy (non-hydrogen) atoms. The highest BCUT2D eigenvalue weighted by Gasteiger charge is 2.23. The molecule has 12 aromatic rings. The van der Waals surface area contributed by atoms with Crippen LogP contribution in [0.1, 0.15) is 0 Å². The average molecular weight is 826 g/mol. The van der Waals surface area contributed by atoms with Gasteiger partial charge in [-0.25, -0.2) is 0 Å². The first-order valence-corrected chi connectivity index (χ1v) is 22.4. The topological polar surface area (TPSA) is 3.24 Å². The number of fused-ring (bicyclic) bond motifs is 6. The molecule has 0 spiro atoms. The molecule has 0 heterocycles. The van der Waals surface area contributed by atoms with Crippen LogP contribution in [0.4, 0.5) is 17.1 Å². The molecule has 0 radical (unpaired) electrons. The van der Waals surface area contributed by atoms with Crippen molar-refractivity contribution in [3.63, 3.8) is 0 Å². The Morgan fingerprint density at radius 1 is 0.200 bits per heavy atom. The van der Waals surface area contributed by atoms with Crippen molar-refractivity contribution in [3.8, 4) is 55.6 Å². The number of anilines is 3. The molecule has 0 fully saturated rings. The van der Waals surface area contributed by atoms with E-state index in [-0.39, 0.29) is 0 Å². The number of para-hydroxylation sites is 1. The highest BCUT2D eigenvalue weighted by molar-refractivity contribution is 6.15. The van der Waals surface area contributed by atoms with Gasteiger partial charge in [-0.1, -0.05) is 218 Å². The molecule has 0 saturated carbocycles. The van der Waals surface area contributed by atoms with Crippen LogP contribution in [0.15, 0.2) is 261 Å². The SMILES string of the molecule is c1ccc(-c2ccc(-c3ccccc3N(c3cccc(-c4ccccc4)c3)c3ccc(-c4ccc5c(ccc6ccccc65)c4)cc3-c3cc4ccccc4c4ccccc34)cc2)cc1. The van der Waals surface area contributed by atoms with E-state index in [0.29, 0.717) is 0 Å². The van der Waals surface area contributed by atoms with Crippen molar-refractivity contribution < 1.29 is 0 Å². The van der Waals surface area contributed by atoms with Gasteiger partial charge in [0.05, 0.1) is 11.4 Å². The van der Waals surface area contributed by atoms with Gasteiger partial charge in [-0.15, -0.1) is 0 Å². The van der Waals surface area contributed by atoms with Crippen molar-refractivity contribution >= 4 is 60.2 Å². The van der Waals surface area contributed by atoms with Gasteiger partial charge >= 0.3 is 0 Å². The van der Waals surface area contributed by atoms with E-state index in [4.69, 9.17) is 0 Å². The van der Waals surface area contributed by atoms with Crippen molar-refractivity contribution in [2.45, 2.75) is 0 Å². The van der Waals surface area contributed by atoms with Gasteiger partial charge in [0, 0.05) is 16.8 Å². The molecule has 0 aliphatic heterocycles. The van der Waals surface area contributed by atoms with Gasteiger partial charge < -0.3 is 4.90 Å². The summed E-state index contributed by atoms with van der Waals surface area (Å²) >= 11 is 0. The molecule has 12 aromatic carbocycles. The largest absolute Gasteiger partial charge is 0.309 e. The van der Waals surface area contributed by atoms with Gasteiger partial charge in [-0.2, -0.15) is 0 Å². The molecule has 0 saturated heterocycles. The van der Waals surface area contributed by atoms with E-state index in [2.05, 4.69) is 266 Å². The first kappa shape index (κ1) is 38.2. The lowest BCUT2D eigenvalue weighted by molar-refractivity contribution is 1.28. The Morgan fingerprint density at radius 3 is 1.46 bits per heavy atom. The van der Waals surface area contributed by atoms with Crippen molar-refractivity contribution in [1.29, 1.82) is 0 Å². The fourth-order valence-electron chi connectivity index (χ4n) is 9.84. The molecule has 0 bridgehead atoms. The van der Waals surface area contributed by atoms with Crippen molar-refractivity contribution in [3.05, 3.63) is 261 Å². The Balaban J connectivity index is 1.12. The van der Waals surface area contributed by atoms with Crippen molar-refractivity contribution in [1.82, 2.24) is 0 Å². The van der Waals surface area contributed by atoms with Crippen LogP contribution in [0.2, 0.25) is 0 Å². The maximum Gasteiger partial charge on any atom is 0.0540 e. The Bertz CT molecular complexity index is 3700. The second-order valence-electron chi connectivity index (χ2n) is 16.9. The number of nitrogens with zero attached hydrogens (tertiary/aromatic N) is 1. The lowest BCUT2D eigenvalue weighted by Crippen LogP contribution is -2.13. The molecular formula is C64H43N. The summed E-state index contributed by atoms with van der Waals surface area (Å²) in [6.45, 7) is 0. The van der Waals surface area contributed by atoms with E-state index in [1.807, 2.05) is 0 Å². The van der Waals surface area contributed by atoms with E-state index in [9.17, 15) is 0 Å². The van der Waals surface area contributed by atoms with E-state index < -0.39 is 0 Å². The summed E-state index contributed by atoms with van der Waals surface area (Å²) in [7, 11) is 0. The molecular weight excluding hydrogens is 783 g/mol. The van der Waals surface area contributed by atoms with Crippen LogP contribution in [-0.2, 0) is 0 Å². The van der Waals surface area contributed by atoms with Gasteiger partial charge in [-0.05, 0) is 130 Å². The minimum absolute atomic E-state index is 1.08. The van der Waals surface area contributed by atoms with E-state index in [1.54, 1.807) is 0 Å². The molecule has 0 unspecified atom stereocenters. The van der Waals surface area contributed by atoms with Crippen LogP contribution in [0, 0.1) is 0 Å². The van der Waals surface area contributed by atoms with Crippen molar-refractivity contribution in [2.75, 3.05) is 4.90 Å². The van der Waals surface area contributed by atoms with E-state index in [0.717, 1.165) is 39.3 Å². The molecule has 12 rings (SSSR count). The van der Waals surface area contributed by atoms with Crippen LogP contribution in [-0.4, -0.2) is 0 Å². The quantitative estimate of drug-likeness (QED) is 0.138. The van der Waals surface area contributed by atoms with Crippen LogP contribution in [0.25, 0.3) is 98.7 Å². The third-order valence-corrected chi connectivity index (χ3v) is 13.0. The predicted molar refractivity (Wildman–Crippen MR) is 278 cm³/mol. The smallest absolute Gasteiger partial charge is 0.0540 e. The first-order valence-electron chi connectivity index (χ1n) is 22.4. The summed E-state index contributed by atoms with van der Waals surface area (Å²) in [5.41, 5.74) is 15.0. The zero-order chi connectivity index (χ0) is 43.1. The number of hydrogen-bond donors (Lipinski definition) is 0. The van der Waals surface area contributed by atoms with Gasteiger partial charge in [0.1, 0.15) is 0 Å². The monoisotopic (exact) mass is 825 g/mol. The van der Waals surface area contributed by atoms with Gasteiger partial charge in [0.2, 0.25) is 0 Å². The fraction of sp³-hybridized carbons (Fsp3) is 0. The van der Waals surface area contributed by atoms with Crippen LogP contribution < -0.4 is 4.90 Å². The molecule has 0 N–H and O–H groups in total. The number of rotatable bonds is 8. The van der Waals surface area contributed by atoms with Crippen LogP contribution in [0.3, 0.4) is 0 Å². The minimum atomic E-state index is 1.08. The van der Waals surface area contributed by atoms with Gasteiger partial charge in [-0.3, -0.25) is 0 Å². The Morgan fingerprint density at radius 2 is 0.677 bits per heavy atom. The Labute approximate surface area is 379 Å². The second-order valence-corrected chi connectivity index (χ2v) is 16.9. The second kappa shape index (κ2) is 16.3. The zero-order valence-electron chi connectivity index (χ0n) is 35.8. The number of hydrogen-bond acceptors (Lipinski definition) is 1. The standard InChI is InChI=1S/C64H43N/c1-3-16-44(17-4-1)46-30-32-48(33-31-46)58-26-13-14-29-63(58)65(54-23-15-22-49(41-54)45-18-5-2-6-19-45)64-39-37-51(50-36-38-57-53(40-50)35-34-47-20-7-9-24-55(47)57)42-62(64)61-43-52-21-8-10-25-56(52)59-27-11-12-28-60(59)61/h1-43H. The van der Waals surface area contributed by atoms with E-state index in [1.165, 1.54) is 76.5 Å². The third-order valence-electron chi connectivity index (χ3n) is 13.0. The lowest BCUT2D eigenvalue weighted by atomic mass is 9.89. The normalized spacial score (nSPS) is 11.4. The first-order chi connectivity index (χ1) is 32.2. The molecule has 304 valence electrons. The molecule has 0 aliphatic carbocycles. The molecule has 1 nitrogen and oxygen atoms in total. The van der Waals surface area contributed by atoms with Gasteiger partial charge in [0.15, 0.2) is 0 Å². The minimum Gasteiger partial charge on any atom is -0.309 e. The summed E-state index contributed by atoms with van der Waals surface area (Å²) in [5.74, 6) is 0. The van der Waals surface area contributed by atoms with Crippen molar-refractivity contribution in [2.24, 2.45) is 0 Å². The molecule has 0 aromatic heterocycles. The summed E-state index contributed by atoms with van der Waals surface area (Å²) in [5, 5.41) is 9.96. The Kier molecular flexibility index (Phi) is 9.58. The maximum atomic E-state index is 2.49. The summed E-state index contributed by atoms with van der Waals surface area (Å²) in [6, 6.07) is 95.5. The third kappa shape index (κ3) is 7.01. The molecule has 0 amide bonds. The average Bonchev–Trinajstić information content (AvgIpc) is 3.39. The highest BCUT2D eigenvalue weighted by Crippen LogP contribution is 2.49. The number of benzene rings is 12. The summed E-state index contributed by atoms with van der Waals surface area (Å²) in [6.07, 6.45) is 0. The lowest BCUT2D eigenvalue weighted by Gasteiger charge is -2.31. The zero-order valence-corrected chi connectivity index (χ0v) is 35.8. The summed E-state index contributed by atoms with van der Waals surface area (Å²) < 4.78 is 0. The predicted octanol–water partition coefficient (Wildman–Crippen LogP) is 18.1. The van der Waals surface area contributed by atoms with Crippen LogP contribution in [0.5, 0.6) is 0 Å². The molecule has 0 atom stereocenters. The van der Waals surface area contributed by atoms with Crippen LogP contribution >= 0.6 is 0 Å². The van der Waals surface area contributed by atoms with Gasteiger partial charge in [0.25, 0.3) is 0 Å². The summed E-state index contributed by atoms with van der Waals surface area (Å²) in [4.78, 5) is 2.49. The fourth-order valence-corrected chi connectivity index (χ4v) is 9.84. The highest BCUT2D eigenvalue weighted by atomic mass is 15.1.